The molecule has 0 spiro atoms. The van der Waals surface area contributed by atoms with Crippen LogP contribution in [0.1, 0.15) is 12.5 Å². The van der Waals surface area contributed by atoms with Gasteiger partial charge in [0.1, 0.15) is 23.1 Å². The first-order chi connectivity index (χ1) is 13.0. The lowest BCUT2D eigenvalue weighted by atomic mass is 10.1. The van der Waals surface area contributed by atoms with Crippen LogP contribution in [-0.4, -0.2) is 79.3 Å². The highest BCUT2D eigenvalue weighted by Crippen LogP contribution is 2.35. The van der Waals surface area contributed by atoms with Gasteiger partial charge in [-0.05, 0) is 19.1 Å². The molecule has 0 aliphatic carbocycles. The summed E-state index contributed by atoms with van der Waals surface area (Å²) in [5.41, 5.74) is -0.659. The topological polar surface area (TPSA) is 107 Å². The number of benzene rings is 1. The SMILES string of the molecule is COCCOCCOCCOc1ccc(C2=N[C@](C)(C(=O)O)CS2)c(O)c1. The average molecular weight is 399 g/mol. The van der Waals surface area contributed by atoms with E-state index < -0.39 is 11.5 Å². The van der Waals surface area contributed by atoms with Crippen molar-refractivity contribution in [3.63, 3.8) is 0 Å². The molecule has 150 valence electrons. The summed E-state index contributed by atoms with van der Waals surface area (Å²) in [6.07, 6.45) is 0. The number of phenols is 1. The van der Waals surface area contributed by atoms with Gasteiger partial charge < -0.3 is 29.2 Å². The van der Waals surface area contributed by atoms with Crippen LogP contribution in [0.25, 0.3) is 0 Å². The fraction of sp³-hybridized carbons (Fsp3) is 0.556. The smallest absolute Gasteiger partial charge is 0.332 e. The Labute approximate surface area is 162 Å². The molecule has 0 saturated carbocycles. The largest absolute Gasteiger partial charge is 0.507 e. The van der Waals surface area contributed by atoms with Gasteiger partial charge in [-0.2, -0.15) is 0 Å². The number of aliphatic imine (C=N–C) groups is 1. The lowest BCUT2D eigenvalue weighted by Gasteiger charge is -2.12. The molecular formula is C18H25NO7S. The third kappa shape index (κ3) is 6.39. The number of carboxylic acids is 1. The predicted octanol–water partition coefficient (Wildman–Crippen LogP) is 1.79. The Kier molecular flexibility index (Phi) is 8.36. The van der Waals surface area contributed by atoms with Crippen LogP contribution < -0.4 is 4.74 Å². The number of carbonyl (C=O) groups is 1. The van der Waals surface area contributed by atoms with Crippen LogP contribution in [0.3, 0.4) is 0 Å². The highest BCUT2D eigenvalue weighted by atomic mass is 32.2. The lowest BCUT2D eigenvalue weighted by Crippen LogP contribution is -2.33. The molecular weight excluding hydrogens is 374 g/mol. The predicted molar refractivity (Wildman–Crippen MR) is 102 cm³/mol. The first-order valence-electron chi connectivity index (χ1n) is 8.53. The second-order valence-electron chi connectivity index (χ2n) is 6.03. The maximum atomic E-state index is 11.3. The van der Waals surface area contributed by atoms with Crippen molar-refractivity contribution < 1.29 is 34.0 Å². The zero-order valence-electron chi connectivity index (χ0n) is 15.5. The van der Waals surface area contributed by atoms with Crippen molar-refractivity contribution in [1.82, 2.24) is 0 Å². The molecule has 8 nitrogen and oxygen atoms in total. The highest BCUT2D eigenvalue weighted by molar-refractivity contribution is 8.14. The molecule has 1 aliphatic rings. The standard InChI is InChI=1S/C18H25NO7S/c1-18(17(21)22)12-27-16(19-18)14-4-3-13(11-15(14)20)26-10-9-25-8-7-24-6-5-23-2/h3-4,11,20H,5-10,12H2,1-2H3,(H,21,22)/t18-/m0/s1. The first kappa shape index (κ1) is 21.5. The maximum Gasteiger partial charge on any atom is 0.332 e. The van der Waals surface area contributed by atoms with E-state index in [1.54, 1.807) is 26.2 Å². The summed E-state index contributed by atoms with van der Waals surface area (Å²) in [6.45, 7) is 4.36. The molecule has 0 unspecified atom stereocenters. The Balaban J connectivity index is 1.76. The van der Waals surface area contributed by atoms with Crippen LogP contribution in [0.15, 0.2) is 23.2 Å². The quantitative estimate of drug-likeness (QED) is 0.512. The molecule has 0 aromatic heterocycles. The molecule has 27 heavy (non-hydrogen) atoms. The number of aromatic hydroxyl groups is 1. The van der Waals surface area contributed by atoms with Gasteiger partial charge in [-0.25, -0.2) is 4.79 Å². The minimum Gasteiger partial charge on any atom is -0.507 e. The molecule has 1 aromatic carbocycles. The number of aliphatic carboxylic acids is 1. The number of carboxylic acid groups (broad SMARTS) is 1. The van der Waals surface area contributed by atoms with Gasteiger partial charge in [-0.1, -0.05) is 0 Å². The van der Waals surface area contributed by atoms with Gasteiger partial charge in [-0.3, -0.25) is 4.99 Å². The van der Waals surface area contributed by atoms with Gasteiger partial charge in [0.05, 0.1) is 33.0 Å². The van der Waals surface area contributed by atoms with Crippen molar-refractivity contribution in [1.29, 1.82) is 0 Å². The molecule has 2 rings (SSSR count). The van der Waals surface area contributed by atoms with Gasteiger partial charge in [0.15, 0.2) is 5.54 Å². The van der Waals surface area contributed by atoms with E-state index in [4.69, 9.17) is 18.9 Å². The first-order valence-corrected chi connectivity index (χ1v) is 9.51. The van der Waals surface area contributed by atoms with Gasteiger partial charge >= 0.3 is 5.97 Å². The fourth-order valence-electron chi connectivity index (χ4n) is 2.21. The molecule has 1 atom stereocenters. The number of nitrogens with zero attached hydrogens (tertiary/aromatic N) is 1. The minimum absolute atomic E-state index is 0.000787. The molecule has 0 bridgehead atoms. The van der Waals surface area contributed by atoms with Crippen LogP contribution in [0.2, 0.25) is 0 Å². The van der Waals surface area contributed by atoms with E-state index in [2.05, 4.69) is 4.99 Å². The molecule has 0 fully saturated rings. The Bertz CT molecular complexity index is 667. The van der Waals surface area contributed by atoms with Crippen molar-refractivity contribution in [3.05, 3.63) is 23.8 Å². The summed E-state index contributed by atoms with van der Waals surface area (Å²) in [4.78, 5) is 15.5. The van der Waals surface area contributed by atoms with Crippen LogP contribution in [-0.2, 0) is 19.0 Å². The number of thioether (sulfide) groups is 1. The number of methoxy groups -OCH3 is 1. The normalized spacial score (nSPS) is 19.1. The van der Waals surface area contributed by atoms with E-state index in [-0.39, 0.29) is 5.75 Å². The molecule has 1 aliphatic heterocycles. The number of phenolic OH excluding ortho intramolecular Hbond substituents is 1. The van der Waals surface area contributed by atoms with Crippen molar-refractivity contribution in [3.8, 4) is 11.5 Å². The fourth-order valence-corrected chi connectivity index (χ4v) is 3.41. The van der Waals surface area contributed by atoms with Crippen LogP contribution in [0.4, 0.5) is 0 Å². The van der Waals surface area contributed by atoms with Crippen molar-refractivity contribution in [2.75, 3.05) is 52.5 Å². The van der Waals surface area contributed by atoms with Crippen molar-refractivity contribution in [2.45, 2.75) is 12.5 Å². The van der Waals surface area contributed by atoms with Crippen LogP contribution >= 0.6 is 11.8 Å². The second-order valence-corrected chi connectivity index (χ2v) is 6.99. The molecule has 9 heteroatoms. The summed E-state index contributed by atoms with van der Waals surface area (Å²) in [6, 6.07) is 4.87. The van der Waals surface area contributed by atoms with Crippen LogP contribution in [0.5, 0.6) is 11.5 Å². The second kappa shape index (κ2) is 10.5. The van der Waals surface area contributed by atoms with Gasteiger partial charge in [-0.15, -0.1) is 11.8 Å². The Hall–Kier alpha value is -1.81. The average Bonchev–Trinajstić information content (AvgIpc) is 3.04. The van der Waals surface area contributed by atoms with E-state index in [1.807, 2.05) is 0 Å². The van der Waals surface area contributed by atoms with Crippen molar-refractivity contribution in [2.24, 2.45) is 4.99 Å². The summed E-state index contributed by atoms with van der Waals surface area (Å²) < 4.78 is 21.1. The van der Waals surface area contributed by atoms with E-state index in [1.165, 1.54) is 17.8 Å². The number of ether oxygens (including phenoxy) is 4. The highest BCUT2D eigenvalue weighted by Gasteiger charge is 2.38. The van der Waals surface area contributed by atoms with E-state index in [9.17, 15) is 15.0 Å². The summed E-state index contributed by atoms with van der Waals surface area (Å²) >= 11 is 1.31. The number of hydrogen-bond acceptors (Lipinski definition) is 8. The van der Waals surface area contributed by atoms with E-state index in [0.29, 0.717) is 61.8 Å². The Morgan fingerprint density at radius 2 is 1.85 bits per heavy atom. The molecule has 2 N–H and O–H groups in total. The van der Waals surface area contributed by atoms with E-state index in [0.717, 1.165) is 0 Å². The molecule has 0 radical (unpaired) electrons. The van der Waals surface area contributed by atoms with Crippen LogP contribution in [0, 0.1) is 0 Å². The van der Waals surface area contributed by atoms with Gasteiger partial charge in [0.2, 0.25) is 0 Å². The number of hydrogen-bond donors (Lipinski definition) is 2. The summed E-state index contributed by atoms with van der Waals surface area (Å²) in [7, 11) is 1.62. The Morgan fingerprint density at radius 1 is 1.19 bits per heavy atom. The monoisotopic (exact) mass is 399 g/mol. The molecule has 1 aromatic rings. The molecule has 1 heterocycles. The summed E-state index contributed by atoms with van der Waals surface area (Å²) in [5.74, 6) is -0.141. The third-order valence-corrected chi connectivity index (χ3v) is 5.09. The van der Waals surface area contributed by atoms with Gasteiger partial charge in [0, 0.05) is 24.5 Å². The number of rotatable bonds is 12. The minimum atomic E-state index is -1.16. The Morgan fingerprint density at radius 3 is 2.44 bits per heavy atom. The summed E-state index contributed by atoms with van der Waals surface area (Å²) in [5, 5.41) is 20.0. The third-order valence-electron chi connectivity index (χ3n) is 3.80. The zero-order chi connectivity index (χ0) is 19.7. The van der Waals surface area contributed by atoms with Gasteiger partial charge in [0.25, 0.3) is 0 Å². The van der Waals surface area contributed by atoms with E-state index >= 15 is 0 Å². The zero-order valence-corrected chi connectivity index (χ0v) is 16.3. The molecule has 0 saturated heterocycles. The molecule has 0 amide bonds. The maximum absolute atomic E-state index is 11.3. The van der Waals surface area contributed by atoms with Crippen molar-refractivity contribution >= 4 is 22.8 Å². The lowest BCUT2D eigenvalue weighted by molar-refractivity contribution is -0.141.